The number of para-hydroxylation sites is 1. The molecule has 2 aromatic heterocycles. The molecule has 8 heteroatoms. The van der Waals surface area contributed by atoms with Crippen molar-refractivity contribution >= 4 is 11.9 Å². The lowest BCUT2D eigenvalue weighted by Crippen LogP contribution is -2.12. The SMILES string of the molecule is Cc1nnc(-c2nn(-c3ccccc3)c(NC(=O)O)c2C)o1. The quantitative estimate of drug-likeness (QED) is 0.770. The minimum absolute atomic E-state index is 0.248. The lowest BCUT2D eigenvalue weighted by atomic mass is 10.2. The van der Waals surface area contributed by atoms with E-state index in [1.165, 1.54) is 4.68 Å². The summed E-state index contributed by atoms with van der Waals surface area (Å²) in [5.74, 6) is 0.999. The van der Waals surface area contributed by atoms with Crippen LogP contribution in [0.25, 0.3) is 17.3 Å². The summed E-state index contributed by atoms with van der Waals surface area (Å²) in [6.07, 6.45) is -1.17. The maximum Gasteiger partial charge on any atom is 0.410 e. The molecule has 0 saturated heterocycles. The second kappa shape index (κ2) is 5.32. The zero-order chi connectivity index (χ0) is 15.7. The number of rotatable bonds is 3. The Morgan fingerprint density at radius 2 is 1.95 bits per heavy atom. The fraction of sp³-hybridized carbons (Fsp3) is 0.143. The van der Waals surface area contributed by atoms with Gasteiger partial charge in [-0.3, -0.25) is 5.32 Å². The van der Waals surface area contributed by atoms with Crippen LogP contribution in [0.3, 0.4) is 0 Å². The highest BCUT2D eigenvalue weighted by Gasteiger charge is 2.21. The Morgan fingerprint density at radius 1 is 1.23 bits per heavy atom. The van der Waals surface area contributed by atoms with E-state index in [2.05, 4.69) is 20.6 Å². The van der Waals surface area contributed by atoms with Gasteiger partial charge in [0.05, 0.1) is 5.69 Å². The summed E-state index contributed by atoms with van der Waals surface area (Å²) in [5, 5.41) is 23.5. The van der Waals surface area contributed by atoms with E-state index in [0.717, 1.165) is 5.69 Å². The zero-order valence-electron chi connectivity index (χ0n) is 11.9. The molecule has 3 aromatic rings. The van der Waals surface area contributed by atoms with E-state index in [1.54, 1.807) is 13.8 Å². The van der Waals surface area contributed by atoms with Crippen molar-refractivity contribution in [3.05, 3.63) is 41.8 Å². The van der Waals surface area contributed by atoms with Crippen LogP contribution in [0.5, 0.6) is 0 Å². The minimum atomic E-state index is -1.17. The monoisotopic (exact) mass is 299 g/mol. The van der Waals surface area contributed by atoms with Gasteiger partial charge in [0, 0.05) is 12.5 Å². The molecule has 0 unspecified atom stereocenters. The van der Waals surface area contributed by atoms with Gasteiger partial charge in [0.2, 0.25) is 5.89 Å². The van der Waals surface area contributed by atoms with Crippen molar-refractivity contribution in [2.24, 2.45) is 0 Å². The normalized spacial score (nSPS) is 10.6. The summed E-state index contributed by atoms with van der Waals surface area (Å²) in [6, 6.07) is 9.19. The number of hydrogen-bond donors (Lipinski definition) is 2. The van der Waals surface area contributed by atoms with E-state index in [9.17, 15) is 4.79 Å². The largest absolute Gasteiger partial charge is 0.465 e. The number of aryl methyl sites for hydroxylation is 1. The van der Waals surface area contributed by atoms with Gasteiger partial charge in [-0.25, -0.2) is 9.48 Å². The standard InChI is InChI=1S/C14H13N5O3/c1-8-11(13-17-16-9(2)22-13)18-19(12(8)15-14(20)21)10-6-4-3-5-7-10/h3-7,15H,1-2H3,(H,20,21). The average molecular weight is 299 g/mol. The molecule has 0 saturated carbocycles. The fourth-order valence-electron chi connectivity index (χ4n) is 2.10. The maximum atomic E-state index is 11.1. The first-order valence-corrected chi connectivity index (χ1v) is 6.51. The lowest BCUT2D eigenvalue weighted by molar-refractivity contribution is 0.209. The molecule has 0 aliphatic heterocycles. The maximum absolute atomic E-state index is 11.1. The van der Waals surface area contributed by atoms with Crippen LogP contribution in [-0.2, 0) is 0 Å². The molecule has 0 aliphatic carbocycles. The number of nitrogens with one attached hydrogen (secondary N) is 1. The van der Waals surface area contributed by atoms with Crippen molar-refractivity contribution in [3.8, 4) is 17.3 Å². The number of hydrogen-bond acceptors (Lipinski definition) is 5. The van der Waals surface area contributed by atoms with Gasteiger partial charge in [-0.15, -0.1) is 10.2 Å². The molecule has 2 heterocycles. The Balaban J connectivity index is 2.18. The molecule has 0 fully saturated rings. The number of benzene rings is 1. The second-order valence-electron chi connectivity index (χ2n) is 4.63. The van der Waals surface area contributed by atoms with Crippen LogP contribution in [-0.4, -0.2) is 31.2 Å². The lowest BCUT2D eigenvalue weighted by Gasteiger charge is -2.07. The first-order chi connectivity index (χ1) is 10.6. The number of amides is 1. The molecule has 1 amide bonds. The van der Waals surface area contributed by atoms with Crippen LogP contribution in [0.2, 0.25) is 0 Å². The molecule has 0 radical (unpaired) electrons. The highest BCUT2D eigenvalue weighted by Crippen LogP contribution is 2.29. The molecule has 0 bridgehead atoms. The number of carboxylic acid groups (broad SMARTS) is 1. The Hall–Kier alpha value is -3.16. The predicted molar refractivity (Wildman–Crippen MR) is 78.0 cm³/mol. The summed E-state index contributed by atoms with van der Waals surface area (Å²) in [4.78, 5) is 11.1. The molecule has 0 aliphatic rings. The van der Waals surface area contributed by atoms with E-state index in [1.807, 2.05) is 30.3 Å². The molecule has 22 heavy (non-hydrogen) atoms. The predicted octanol–water partition coefficient (Wildman–Crippen LogP) is 2.63. The number of carbonyl (C=O) groups is 1. The van der Waals surface area contributed by atoms with E-state index in [-0.39, 0.29) is 5.89 Å². The zero-order valence-corrected chi connectivity index (χ0v) is 11.9. The summed E-state index contributed by atoms with van der Waals surface area (Å²) in [7, 11) is 0. The van der Waals surface area contributed by atoms with Gasteiger partial charge in [-0.1, -0.05) is 18.2 Å². The fourth-order valence-corrected chi connectivity index (χ4v) is 2.10. The molecule has 112 valence electrons. The summed E-state index contributed by atoms with van der Waals surface area (Å²) in [5.41, 5.74) is 1.76. The second-order valence-corrected chi connectivity index (χ2v) is 4.63. The topological polar surface area (TPSA) is 106 Å². The number of nitrogens with zero attached hydrogens (tertiary/aromatic N) is 4. The summed E-state index contributed by atoms with van der Waals surface area (Å²) < 4.78 is 6.88. The van der Waals surface area contributed by atoms with Crippen molar-refractivity contribution in [2.45, 2.75) is 13.8 Å². The van der Waals surface area contributed by atoms with E-state index < -0.39 is 6.09 Å². The molecule has 2 N–H and O–H groups in total. The van der Waals surface area contributed by atoms with Gasteiger partial charge < -0.3 is 9.52 Å². The molecular weight excluding hydrogens is 286 g/mol. The Morgan fingerprint density at radius 3 is 2.55 bits per heavy atom. The molecule has 1 aromatic carbocycles. The Kier molecular flexibility index (Phi) is 3.34. The van der Waals surface area contributed by atoms with Crippen molar-refractivity contribution in [2.75, 3.05) is 5.32 Å². The van der Waals surface area contributed by atoms with Gasteiger partial charge in [-0.2, -0.15) is 5.10 Å². The van der Waals surface area contributed by atoms with Crippen molar-refractivity contribution in [1.29, 1.82) is 0 Å². The van der Waals surface area contributed by atoms with Crippen molar-refractivity contribution in [1.82, 2.24) is 20.0 Å². The third-order valence-corrected chi connectivity index (χ3v) is 3.08. The Labute approximate surface area is 125 Å². The summed E-state index contributed by atoms with van der Waals surface area (Å²) in [6.45, 7) is 3.42. The third-order valence-electron chi connectivity index (χ3n) is 3.08. The number of aromatic nitrogens is 4. The van der Waals surface area contributed by atoms with Gasteiger partial charge in [-0.05, 0) is 19.1 Å². The Bertz CT molecular complexity index is 822. The smallest absolute Gasteiger partial charge is 0.410 e. The highest BCUT2D eigenvalue weighted by atomic mass is 16.4. The van der Waals surface area contributed by atoms with Crippen molar-refractivity contribution < 1.29 is 14.3 Å². The highest BCUT2D eigenvalue weighted by molar-refractivity contribution is 5.84. The number of anilines is 1. The minimum Gasteiger partial charge on any atom is -0.465 e. The van der Waals surface area contributed by atoms with E-state index >= 15 is 0 Å². The van der Waals surface area contributed by atoms with Crippen LogP contribution < -0.4 is 5.32 Å². The van der Waals surface area contributed by atoms with Crippen LogP contribution in [0.1, 0.15) is 11.5 Å². The van der Waals surface area contributed by atoms with Crippen LogP contribution in [0.15, 0.2) is 34.7 Å². The van der Waals surface area contributed by atoms with E-state index in [0.29, 0.717) is 23.0 Å². The van der Waals surface area contributed by atoms with Crippen molar-refractivity contribution in [3.63, 3.8) is 0 Å². The first-order valence-electron chi connectivity index (χ1n) is 6.51. The van der Waals surface area contributed by atoms with Gasteiger partial charge >= 0.3 is 6.09 Å². The van der Waals surface area contributed by atoms with Gasteiger partial charge in [0.25, 0.3) is 5.89 Å². The molecule has 3 rings (SSSR count). The third kappa shape index (κ3) is 2.41. The van der Waals surface area contributed by atoms with Crippen LogP contribution in [0, 0.1) is 13.8 Å². The molecular formula is C14H13N5O3. The molecule has 8 nitrogen and oxygen atoms in total. The molecule has 0 atom stereocenters. The average Bonchev–Trinajstić information content (AvgIpc) is 3.05. The van der Waals surface area contributed by atoms with Crippen LogP contribution in [0.4, 0.5) is 10.6 Å². The molecule has 0 spiro atoms. The summed E-state index contributed by atoms with van der Waals surface area (Å²) >= 11 is 0. The van der Waals surface area contributed by atoms with Gasteiger partial charge in [0.15, 0.2) is 5.69 Å². The van der Waals surface area contributed by atoms with E-state index in [4.69, 9.17) is 9.52 Å². The first kappa shape index (κ1) is 13.8. The van der Waals surface area contributed by atoms with Crippen LogP contribution >= 0.6 is 0 Å². The van der Waals surface area contributed by atoms with Gasteiger partial charge in [0.1, 0.15) is 5.82 Å².